The van der Waals surface area contributed by atoms with E-state index >= 15 is 0 Å². The molecule has 8 heteroatoms. The Morgan fingerprint density at radius 2 is 0.755 bits per heavy atom. The van der Waals surface area contributed by atoms with Gasteiger partial charge in [0.15, 0.2) is 0 Å². The Kier molecular flexibility index (Phi) is 12.3. The van der Waals surface area contributed by atoms with Crippen LogP contribution < -0.4 is 26.2 Å². The smallest absolute Gasteiger partial charge is 0.252 e. The second-order valence-corrected chi connectivity index (χ2v) is 33.5. The standard InChI is InChI=1S/C102H84BN7/c1-99(2,3)69-38-45-90-82(52-69)81-50-63(61-104)36-43-89(81)107(90)74-48-64(62-105)49-75(57-74)109-94-58-73(106-87-34-24-22-32-77(87)78-33-23-25-35-88(78)106)41-42-85(94)103-86-51-68(65-26-16-13-17-27-65)37-44-93(86)110(98-79(66-28-18-14-19-29-66)55-72(102(10,11)12)56-80(98)67-30-20-15-21-31-67)96-60-76(59-95(109)97(96)103)108-91-46-39-70(100(4,5)6)53-83(91)84-54-71(101(7,8)9)40-47-92(84)108/h13-60H,1-12H3/i13D,16D,17D,22D,23D,24D,25D,26D,27D,32D,33D,34D,35D. The Morgan fingerprint density at radius 3 is 1.27 bits per heavy atom. The highest BCUT2D eigenvalue weighted by atomic mass is 15.2. The third kappa shape index (κ3) is 10.8. The highest BCUT2D eigenvalue weighted by Gasteiger charge is 2.46. The molecule has 0 atom stereocenters. The topological polar surface area (TPSA) is 68.8 Å². The highest BCUT2D eigenvalue weighted by Crippen LogP contribution is 2.54. The molecule has 0 bridgehead atoms. The van der Waals surface area contributed by atoms with Crippen LogP contribution in [0.5, 0.6) is 0 Å². The van der Waals surface area contributed by atoms with Crippen LogP contribution in [0.3, 0.4) is 0 Å². The molecule has 2 aliphatic heterocycles. The number of hydrogen-bond acceptors (Lipinski definition) is 4. The van der Waals surface area contributed by atoms with Crippen molar-refractivity contribution in [3.63, 3.8) is 0 Å². The number of aromatic nitrogens is 3. The van der Waals surface area contributed by atoms with Gasteiger partial charge >= 0.3 is 0 Å². The Labute approximate surface area is 662 Å². The van der Waals surface area contributed by atoms with E-state index in [2.05, 4.69) is 223 Å². The number of benzene rings is 14. The molecule has 0 radical (unpaired) electrons. The monoisotopic (exact) mass is 1430 g/mol. The second kappa shape index (κ2) is 24.8. The van der Waals surface area contributed by atoms with Gasteiger partial charge in [-0.1, -0.05) is 247 Å². The molecule has 530 valence electrons. The van der Waals surface area contributed by atoms with Gasteiger partial charge in [-0.15, -0.1) is 0 Å². The molecule has 0 saturated heterocycles. The third-order valence-corrected chi connectivity index (χ3v) is 22.5. The van der Waals surface area contributed by atoms with Crippen molar-refractivity contribution in [1.29, 1.82) is 10.5 Å². The number of fused-ring (bicyclic) bond motifs is 13. The summed E-state index contributed by atoms with van der Waals surface area (Å²) in [6.07, 6.45) is 0. The first-order valence-electron chi connectivity index (χ1n) is 44.0. The lowest BCUT2D eigenvalue weighted by Gasteiger charge is -2.45. The number of nitrogens with zero attached hydrogens (tertiary/aromatic N) is 7. The Hall–Kier alpha value is -12.9. The molecule has 17 aromatic rings. The summed E-state index contributed by atoms with van der Waals surface area (Å²) >= 11 is 0. The van der Waals surface area contributed by atoms with E-state index in [9.17, 15) is 24.2 Å². The van der Waals surface area contributed by atoms with Gasteiger partial charge in [-0.05, 0) is 210 Å². The van der Waals surface area contributed by atoms with E-state index in [0.717, 1.165) is 105 Å². The molecule has 2 aliphatic rings. The first-order chi connectivity index (χ1) is 58.4. The molecule has 14 aromatic carbocycles. The summed E-state index contributed by atoms with van der Waals surface area (Å²) in [5.41, 5.74) is 18.3. The Balaban J connectivity index is 1.04. The summed E-state index contributed by atoms with van der Waals surface area (Å²) < 4.78 is 129. The highest BCUT2D eigenvalue weighted by molar-refractivity contribution is 7.00. The summed E-state index contributed by atoms with van der Waals surface area (Å²) in [6, 6.07) is 70.8. The van der Waals surface area contributed by atoms with Crippen molar-refractivity contribution >= 4 is 123 Å². The summed E-state index contributed by atoms with van der Waals surface area (Å²) in [6.45, 7) is 25.5. The number of anilines is 6. The maximum atomic E-state index is 12.0. The van der Waals surface area contributed by atoms with Crippen LogP contribution in [0.2, 0.25) is 0 Å². The van der Waals surface area contributed by atoms with Crippen LogP contribution in [0.1, 0.15) is 134 Å². The SMILES string of the molecule is [2H]c1c([2H])c([2H])c(-c2ccc3c(c2)B2c4ccc(-n5c6c([2H])c([2H])c([2H])c([2H])c6c6c([2H])c([2H])c([2H])c([2H])c65)cc4N(c4cc(C#N)cc(-n5c6ccc(C#N)cc6c6cc(C(C)(C)C)ccc65)c4)c4cc(-n5c6ccc(C(C)(C)C)cc6c6cc(C(C)(C)C)ccc65)cc(c42)N3c2c(-c3ccccc3)cc(C(C)(C)C)cc2-c2ccccc2)c([2H])c1[2H]. The second-order valence-electron chi connectivity index (χ2n) is 33.5. The van der Waals surface area contributed by atoms with Crippen molar-refractivity contribution in [2.24, 2.45) is 0 Å². The number of hydrogen-bond donors (Lipinski definition) is 0. The van der Waals surface area contributed by atoms with E-state index in [4.69, 9.17) is 4.11 Å². The molecule has 0 amide bonds. The summed E-state index contributed by atoms with van der Waals surface area (Å²) in [7, 11) is 0. The minimum absolute atomic E-state index is 0.0188. The van der Waals surface area contributed by atoms with Crippen molar-refractivity contribution in [3.05, 3.63) is 324 Å². The van der Waals surface area contributed by atoms with E-state index in [1.54, 1.807) is 6.07 Å². The molecule has 0 saturated carbocycles. The molecule has 0 N–H and O–H groups in total. The van der Waals surface area contributed by atoms with Crippen molar-refractivity contribution in [2.75, 3.05) is 9.80 Å². The molecule has 0 spiro atoms. The first kappa shape index (κ1) is 54.7. The van der Waals surface area contributed by atoms with Crippen LogP contribution >= 0.6 is 0 Å². The van der Waals surface area contributed by atoms with Gasteiger partial charge in [-0.2, -0.15) is 10.5 Å². The minimum atomic E-state index is -0.883. The molecule has 19 rings (SSSR count). The number of nitriles is 2. The zero-order chi connectivity index (χ0) is 86.9. The van der Waals surface area contributed by atoms with Crippen LogP contribution in [0.4, 0.5) is 34.1 Å². The van der Waals surface area contributed by atoms with Gasteiger partial charge in [-0.3, -0.25) is 0 Å². The molecule has 3 aromatic heterocycles. The van der Waals surface area contributed by atoms with Gasteiger partial charge in [-0.25, -0.2) is 0 Å². The fraction of sp³-hybridized carbons (Fsp3) is 0.157. The quantitative estimate of drug-likeness (QED) is 0.142. The zero-order valence-corrected chi connectivity index (χ0v) is 63.4. The predicted molar refractivity (Wildman–Crippen MR) is 464 cm³/mol. The molecular formula is C102H84BN7. The lowest BCUT2D eigenvalue weighted by molar-refractivity contribution is 0.590. The first-order valence-corrected chi connectivity index (χ1v) is 37.5. The normalized spacial score (nSPS) is 14.7. The molecule has 7 nitrogen and oxygen atoms in total. The minimum Gasteiger partial charge on any atom is -0.311 e. The Bertz CT molecular complexity index is 7390. The Morgan fingerprint density at radius 1 is 0.300 bits per heavy atom. The van der Waals surface area contributed by atoms with Gasteiger partial charge < -0.3 is 23.5 Å². The average molecular weight is 1430 g/mol. The molecule has 110 heavy (non-hydrogen) atoms. The molecule has 0 unspecified atom stereocenters. The zero-order valence-electron chi connectivity index (χ0n) is 76.4. The van der Waals surface area contributed by atoms with Gasteiger partial charge in [0.05, 0.1) is 85.6 Å². The summed E-state index contributed by atoms with van der Waals surface area (Å²) in [4.78, 5) is 4.50. The van der Waals surface area contributed by atoms with Crippen molar-refractivity contribution in [3.8, 4) is 62.6 Å². The molecule has 5 heterocycles. The molecule has 0 fully saturated rings. The van der Waals surface area contributed by atoms with Crippen molar-refractivity contribution < 1.29 is 17.8 Å². The van der Waals surface area contributed by atoms with E-state index in [1.165, 1.54) is 4.57 Å². The number of para-hydroxylation sites is 2. The van der Waals surface area contributed by atoms with Crippen LogP contribution in [0.15, 0.2) is 291 Å². The average Bonchev–Trinajstić information content (AvgIpc) is 1.67. The predicted octanol–water partition coefficient (Wildman–Crippen LogP) is 25.0. The van der Waals surface area contributed by atoms with E-state index in [1.807, 2.05) is 97.1 Å². The van der Waals surface area contributed by atoms with Crippen molar-refractivity contribution in [2.45, 2.75) is 105 Å². The van der Waals surface area contributed by atoms with Gasteiger partial charge in [0.1, 0.15) is 0 Å². The maximum Gasteiger partial charge on any atom is 0.252 e. The van der Waals surface area contributed by atoms with E-state index < -0.39 is 90.7 Å². The van der Waals surface area contributed by atoms with Crippen molar-refractivity contribution in [1.82, 2.24) is 13.7 Å². The summed E-state index contributed by atoms with van der Waals surface area (Å²) in [5.74, 6) is 0. The van der Waals surface area contributed by atoms with Gasteiger partial charge in [0.2, 0.25) is 0 Å². The molecule has 0 aliphatic carbocycles. The molecular weight excluding hydrogens is 1330 g/mol. The number of rotatable bonds is 8. The van der Waals surface area contributed by atoms with Crippen LogP contribution in [0, 0.1) is 22.7 Å². The summed E-state index contributed by atoms with van der Waals surface area (Å²) in [5, 5.41) is 26.1. The fourth-order valence-corrected chi connectivity index (χ4v) is 17.0. The largest absolute Gasteiger partial charge is 0.311 e. The van der Waals surface area contributed by atoms with Crippen LogP contribution in [-0.2, 0) is 21.7 Å². The van der Waals surface area contributed by atoms with E-state index in [0.29, 0.717) is 56.2 Å². The van der Waals surface area contributed by atoms with Gasteiger partial charge in [0.25, 0.3) is 6.71 Å². The van der Waals surface area contributed by atoms with Gasteiger partial charge in [0, 0.05) is 83.3 Å². The van der Waals surface area contributed by atoms with Crippen LogP contribution in [0.25, 0.3) is 116 Å². The fourth-order valence-electron chi connectivity index (χ4n) is 17.0. The lowest BCUT2D eigenvalue weighted by Crippen LogP contribution is -2.61. The third-order valence-electron chi connectivity index (χ3n) is 22.5. The maximum absolute atomic E-state index is 12.0. The van der Waals surface area contributed by atoms with E-state index in [-0.39, 0.29) is 54.9 Å². The lowest BCUT2D eigenvalue weighted by atomic mass is 9.33. The van der Waals surface area contributed by atoms with Crippen LogP contribution in [-0.4, -0.2) is 20.4 Å².